The molecule has 1 saturated heterocycles. The average Bonchev–Trinajstić information content (AvgIpc) is 2.74. The second-order valence-electron chi connectivity index (χ2n) is 6.97. The first-order valence-electron chi connectivity index (χ1n) is 9.29. The highest BCUT2D eigenvalue weighted by atomic mass is 19.3. The van der Waals surface area contributed by atoms with Crippen molar-refractivity contribution in [2.24, 2.45) is 0 Å². The number of para-hydroxylation sites is 1. The molecule has 2 aromatic carbocycles. The minimum absolute atomic E-state index is 0.246. The van der Waals surface area contributed by atoms with E-state index >= 15 is 0 Å². The molecule has 8 heteroatoms. The molecule has 0 spiro atoms. The first-order valence-corrected chi connectivity index (χ1v) is 9.29. The molecule has 0 radical (unpaired) electrons. The van der Waals surface area contributed by atoms with Crippen LogP contribution in [0.15, 0.2) is 42.5 Å². The van der Waals surface area contributed by atoms with Gasteiger partial charge in [0.1, 0.15) is 11.6 Å². The summed E-state index contributed by atoms with van der Waals surface area (Å²) >= 11 is 0. The number of anilines is 1. The Labute approximate surface area is 165 Å². The zero-order chi connectivity index (χ0) is 20.5. The molecule has 29 heavy (non-hydrogen) atoms. The maximum atomic E-state index is 13.8. The van der Waals surface area contributed by atoms with Crippen LogP contribution in [-0.2, 0) is 0 Å². The number of aryl methyl sites for hydroxylation is 1. The van der Waals surface area contributed by atoms with E-state index in [1.54, 1.807) is 42.2 Å². The summed E-state index contributed by atoms with van der Waals surface area (Å²) < 4.78 is 40.3. The predicted molar refractivity (Wildman–Crippen MR) is 104 cm³/mol. The van der Waals surface area contributed by atoms with Crippen LogP contribution in [0.5, 0.6) is 0 Å². The van der Waals surface area contributed by atoms with E-state index in [-0.39, 0.29) is 5.91 Å². The summed E-state index contributed by atoms with van der Waals surface area (Å²) in [5.74, 6) is -0.724. The first kappa shape index (κ1) is 19.2. The van der Waals surface area contributed by atoms with Gasteiger partial charge in [-0.2, -0.15) is 0 Å². The highest BCUT2D eigenvalue weighted by molar-refractivity contribution is 5.94. The van der Waals surface area contributed by atoms with E-state index in [0.29, 0.717) is 54.0 Å². The van der Waals surface area contributed by atoms with Crippen molar-refractivity contribution in [2.75, 3.05) is 31.1 Å². The van der Waals surface area contributed by atoms with Crippen LogP contribution in [0.1, 0.15) is 28.2 Å². The number of nitrogens with zero attached hydrogens (tertiary/aromatic N) is 4. The smallest absolute Gasteiger partial charge is 0.297 e. The molecule has 1 aromatic heterocycles. The average molecular weight is 400 g/mol. The molecule has 2 heterocycles. The van der Waals surface area contributed by atoms with Gasteiger partial charge in [-0.15, -0.1) is 0 Å². The predicted octanol–water partition coefficient (Wildman–Crippen LogP) is 3.98. The third-order valence-electron chi connectivity index (χ3n) is 5.08. The lowest BCUT2D eigenvalue weighted by molar-refractivity contribution is 0.0746. The van der Waals surface area contributed by atoms with E-state index in [1.165, 1.54) is 6.07 Å². The normalized spacial score (nSPS) is 14.7. The molecule has 0 bridgehead atoms. The van der Waals surface area contributed by atoms with Crippen LogP contribution >= 0.6 is 0 Å². The van der Waals surface area contributed by atoms with E-state index in [9.17, 15) is 18.0 Å². The number of benzene rings is 2. The summed E-state index contributed by atoms with van der Waals surface area (Å²) in [6, 6.07) is 11.5. The molecular weight excluding hydrogens is 381 g/mol. The van der Waals surface area contributed by atoms with Crippen molar-refractivity contribution in [2.45, 2.75) is 13.3 Å². The van der Waals surface area contributed by atoms with E-state index < -0.39 is 18.1 Å². The van der Waals surface area contributed by atoms with Gasteiger partial charge >= 0.3 is 0 Å². The van der Waals surface area contributed by atoms with E-state index in [0.717, 1.165) is 0 Å². The third kappa shape index (κ3) is 3.74. The number of halogens is 3. The Kier molecular flexibility index (Phi) is 5.08. The van der Waals surface area contributed by atoms with Gasteiger partial charge in [-0.25, -0.2) is 23.1 Å². The summed E-state index contributed by atoms with van der Waals surface area (Å²) in [4.78, 5) is 24.2. The topological polar surface area (TPSA) is 49.3 Å². The Morgan fingerprint density at radius 1 is 1.03 bits per heavy atom. The summed E-state index contributed by atoms with van der Waals surface area (Å²) in [6.45, 7) is 3.28. The van der Waals surface area contributed by atoms with Gasteiger partial charge in [0.05, 0.1) is 5.52 Å². The van der Waals surface area contributed by atoms with Gasteiger partial charge in [0, 0.05) is 37.1 Å². The summed E-state index contributed by atoms with van der Waals surface area (Å²) in [5.41, 5.74) is 1.24. The van der Waals surface area contributed by atoms with Crippen LogP contribution in [0.3, 0.4) is 0 Å². The summed E-state index contributed by atoms with van der Waals surface area (Å²) in [6.07, 6.45) is -2.77. The summed E-state index contributed by atoms with van der Waals surface area (Å²) in [7, 11) is 0. The van der Waals surface area contributed by atoms with Crippen molar-refractivity contribution in [3.8, 4) is 0 Å². The number of carbonyl (C=O) groups is 1. The van der Waals surface area contributed by atoms with Crippen LogP contribution in [0.2, 0.25) is 0 Å². The van der Waals surface area contributed by atoms with Crippen molar-refractivity contribution in [1.29, 1.82) is 0 Å². The van der Waals surface area contributed by atoms with E-state index in [2.05, 4.69) is 9.97 Å². The molecule has 150 valence electrons. The number of piperazine rings is 1. The number of aromatic nitrogens is 2. The fraction of sp³-hybridized carbons (Fsp3) is 0.286. The maximum absolute atomic E-state index is 13.8. The van der Waals surface area contributed by atoms with Crippen LogP contribution in [0.25, 0.3) is 10.9 Å². The van der Waals surface area contributed by atoms with E-state index in [4.69, 9.17) is 0 Å². The number of carbonyl (C=O) groups excluding carboxylic acids is 1. The van der Waals surface area contributed by atoms with Crippen molar-refractivity contribution in [1.82, 2.24) is 14.9 Å². The molecule has 0 N–H and O–H groups in total. The zero-order valence-electron chi connectivity index (χ0n) is 15.8. The maximum Gasteiger partial charge on any atom is 0.297 e. The highest BCUT2D eigenvalue weighted by Gasteiger charge is 2.25. The van der Waals surface area contributed by atoms with Crippen molar-refractivity contribution >= 4 is 22.6 Å². The molecule has 0 unspecified atom stereocenters. The quantitative estimate of drug-likeness (QED) is 0.667. The minimum Gasteiger partial charge on any atom is -0.352 e. The van der Waals surface area contributed by atoms with Gasteiger partial charge in [-0.05, 0) is 36.8 Å². The number of rotatable bonds is 3. The van der Waals surface area contributed by atoms with Gasteiger partial charge in [-0.1, -0.05) is 18.2 Å². The van der Waals surface area contributed by atoms with Gasteiger partial charge in [0.25, 0.3) is 12.3 Å². The Morgan fingerprint density at radius 3 is 2.45 bits per heavy atom. The van der Waals surface area contributed by atoms with Crippen LogP contribution in [-0.4, -0.2) is 47.0 Å². The first-order chi connectivity index (χ1) is 13.9. The van der Waals surface area contributed by atoms with Crippen molar-refractivity contribution < 1.29 is 18.0 Å². The van der Waals surface area contributed by atoms with Crippen LogP contribution in [0.4, 0.5) is 19.0 Å². The Bertz CT molecular complexity index is 1060. The molecule has 0 saturated carbocycles. The number of amides is 1. The standard InChI is InChI=1S/C21H19F3N4O/c1-13-6-7-14(12-16(13)22)21(29)28-10-8-27(9-11-28)20-15-4-2-3-5-17(15)25-19(26-20)18(23)24/h2-7,12,18H,8-11H2,1H3. The lowest BCUT2D eigenvalue weighted by atomic mass is 10.1. The highest BCUT2D eigenvalue weighted by Crippen LogP contribution is 2.28. The van der Waals surface area contributed by atoms with Gasteiger partial charge < -0.3 is 9.80 Å². The molecule has 4 rings (SSSR count). The summed E-state index contributed by atoms with van der Waals surface area (Å²) in [5, 5.41) is 0.692. The molecule has 1 amide bonds. The number of alkyl halides is 2. The molecule has 0 aliphatic carbocycles. The second kappa shape index (κ2) is 7.69. The number of hydrogen-bond acceptors (Lipinski definition) is 4. The number of fused-ring (bicyclic) bond motifs is 1. The lowest BCUT2D eigenvalue weighted by Gasteiger charge is -2.36. The molecule has 1 fully saturated rings. The Balaban J connectivity index is 1.55. The van der Waals surface area contributed by atoms with E-state index in [1.807, 2.05) is 11.0 Å². The van der Waals surface area contributed by atoms with Crippen LogP contribution < -0.4 is 4.90 Å². The van der Waals surface area contributed by atoms with Crippen molar-refractivity contribution in [3.05, 3.63) is 65.2 Å². The SMILES string of the molecule is Cc1ccc(C(=O)N2CCN(c3nc(C(F)F)nc4ccccc34)CC2)cc1F. The van der Waals surface area contributed by atoms with Gasteiger partial charge in [0.15, 0.2) is 5.82 Å². The Morgan fingerprint density at radius 2 is 1.76 bits per heavy atom. The molecule has 1 aliphatic rings. The molecule has 0 atom stereocenters. The molecule has 1 aliphatic heterocycles. The molecule has 3 aromatic rings. The zero-order valence-corrected chi connectivity index (χ0v) is 15.8. The third-order valence-corrected chi connectivity index (χ3v) is 5.08. The lowest BCUT2D eigenvalue weighted by Crippen LogP contribution is -2.49. The van der Waals surface area contributed by atoms with Gasteiger partial charge in [0.2, 0.25) is 0 Å². The molecular formula is C21H19F3N4O. The monoisotopic (exact) mass is 400 g/mol. The fourth-order valence-corrected chi connectivity index (χ4v) is 3.45. The Hall–Kier alpha value is -3.16. The number of hydrogen-bond donors (Lipinski definition) is 0. The van der Waals surface area contributed by atoms with Crippen molar-refractivity contribution in [3.63, 3.8) is 0 Å². The fourth-order valence-electron chi connectivity index (χ4n) is 3.45. The molecule has 5 nitrogen and oxygen atoms in total. The minimum atomic E-state index is -2.77. The second-order valence-corrected chi connectivity index (χ2v) is 6.97. The largest absolute Gasteiger partial charge is 0.352 e. The van der Waals surface area contributed by atoms with Gasteiger partial charge in [-0.3, -0.25) is 4.79 Å². The van der Waals surface area contributed by atoms with Crippen LogP contribution in [0, 0.1) is 12.7 Å².